The van der Waals surface area contributed by atoms with Gasteiger partial charge in [0.25, 0.3) is 5.91 Å². The van der Waals surface area contributed by atoms with Crippen LogP contribution in [0.5, 0.6) is 0 Å². The van der Waals surface area contributed by atoms with Crippen LogP contribution >= 0.6 is 0 Å². The number of hydrogen-bond donors (Lipinski definition) is 0. The average molecular weight is 343 g/mol. The summed E-state index contributed by atoms with van der Waals surface area (Å²) in [6.07, 6.45) is -0.832. The van der Waals surface area contributed by atoms with Crippen molar-refractivity contribution >= 4 is 11.9 Å². The normalized spacial score (nSPS) is 11.9. The van der Waals surface area contributed by atoms with Crippen molar-refractivity contribution < 1.29 is 14.3 Å². The smallest absolute Gasteiger partial charge is 0.342 e. The predicted octanol–water partition coefficient (Wildman–Crippen LogP) is 2.49. The molecule has 0 spiro atoms. The van der Waals surface area contributed by atoms with E-state index in [0.717, 1.165) is 11.3 Å². The molecule has 0 radical (unpaired) electrons. The van der Waals surface area contributed by atoms with Crippen molar-refractivity contribution in [1.29, 1.82) is 0 Å². The third-order valence-corrected chi connectivity index (χ3v) is 4.11. The molecule has 2 rings (SSSR count). The number of aryl methyl sites for hydroxylation is 2. The number of hydrogen-bond acceptors (Lipinski definition) is 4. The molecule has 0 unspecified atom stereocenters. The zero-order valence-corrected chi connectivity index (χ0v) is 15.7. The number of esters is 1. The highest BCUT2D eigenvalue weighted by Gasteiger charge is 2.25. The first-order chi connectivity index (χ1) is 11.7. The molecular formula is C19H25N3O3. The average Bonchev–Trinajstić information content (AvgIpc) is 2.82. The lowest BCUT2D eigenvalue weighted by Gasteiger charge is -2.17. The molecular weight excluding hydrogens is 318 g/mol. The van der Waals surface area contributed by atoms with Crippen LogP contribution in [0.15, 0.2) is 24.3 Å². The van der Waals surface area contributed by atoms with E-state index in [2.05, 4.69) is 5.10 Å². The van der Waals surface area contributed by atoms with Crippen LogP contribution in [-0.2, 0) is 16.1 Å². The number of carbonyl (C=O) groups is 2. The molecule has 0 aliphatic carbocycles. The van der Waals surface area contributed by atoms with Crippen molar-refractivity contribution in [2.75, 3.05) is 14.1 Å². The van der Waals surface area contributed by atoms with Gasteiger partial charge in [-0.3, -0.25) is 9.48 Å². The van der Waals surface area contributed by atoms with Crippen molar-refractivity contribution in [3.05, 3.63) is 52.3 Å². The van der Waals surface area contributed by atoms with Crippen molar-refractivity contribution in [2.45, 2.75) is 40.3 Å². The topological polar surface area (TPSA) is 64.4 Å². The summed E-state index contributed by atoms with van der Waals surface area (Å²) in [5.41, 5.74) is 4.05. The molecule has 0 saturated heterocycles. The fourth-order valence-corrected chi connectivity index (χ4v) is 2.65. The highest BCUT2D eigenvalue weighted by molar-refractivity contribution is 5.94. The SMILES string of the molecule is Cc1ccc(Cn2nc(C)c(C(=O)O[C@@H](C)C(=O)N(C)C)c2C)cc1. The van der Waals surface area contributed by atoms with Crippen LogP contribution in [0.2, 0.25) is 0 Å². The molecule has 1 atom stereocenters. The lowest BCUT2D eigenvalue weighted by molar-refractivity contribution is -0.137. The van der Waals surface area contributed by atoms with Gasteiger partial charge in [0.15, 0.2) is 6.10 Å². The molecule has 0 saturated carbocycles. The maximum Gasteiger partial charge on any atom is 0.342 e. The summed E-state index contributed by atoms with van der Waals surface area (Å²) in [5.74, 6) is -0.774. The minimum absolute atomic E-state index is 0.254. The molecule has 0 bridgehead atoms. The number of aromatic nitrogens is 2. The van der Waals surface area contributed by atoms with Gasteiger partial charge in [-0.25, -0.2) is 4.79 Å². The molecule has 6 heteroatoms. The van der Waals surface area contributed by atoms with Gasteiger partial charge in [-0.2, -0.15) is 5.10 Å². The van der Waals surface area contributed by atoms with E-state index in [-0.39, 0.29) is 5.91 Å². The van der Waals surface area contributed by atoms with E-state index in [9.17, 15) is 9.59 Å². The molecule has 0 N–H and O–H groups in total. The number of ether oxygens (including phenoxy) is 1. The molecule has 1 aromatic heterocycles. The van der Waals surface area contributed by atoms with E-state index < -0.39 is 12.1 Å². The van der Waals surface area contributed by atoms with E-state index in [0.29, 0.717) is 17.8 Å². The van der Waals surface area contributed by atoms with Crippen LogP contribution in [-0.4, -0.2) is 46.8 Å². The van der Waals surface area contributed by atoms with Crippen molar-refractivity contribution in [2.24, 2.45) is 0 Å². The minimum atomic E-state index is -0.832. The predicted molar refractivity (Wildman–Crippen MR) is 95.6 cm³/mol. The van der Waals surface area contributed by atoms with Crippen molar-refractivity contribution in [3.63, 3.8) is 0 Å². The summed E-state index contributed by atoms with van der Waals surface area (Å²) in [5, 5.41) is 4.46. The Labute approximate surface area is 148 Å². The van der Waals surface area contributed by atoms with Crippen LogP contribution in [0.25, 0.3) is 0 Å². The molecule has 25 heavy (non-hydrogen) atoms. The lowest BCUT2D eigenvalue weighted by atomic mass is 10.1. The molecule has 1 amide bonds. The van der Waals surface area contributed by atoms with E-state index >= 15 is 0 Å². The maximum atomic E-state index is 12.5. The number of nitrogens with zero attached hydrogens (tertiary/aromatic N) is 3. The maximum absolute atomic E-state index is 12.5. The second kappa shape index (κ2) is 7.51. The van der Waals surface area contributed by atoms with Crippen LogP contribution in [0.4, 0.5) is 0 Å². The Kier molecular flexibility index (Phi) is 5.62. The molecule has 0 fully saturated rings. The molecule has 1 heterocycles. The lowest BCUT2D eigenvalue weighted by Crippen LogP contribution is -2.35. The summed E-state index contributed by atoms with van der Waals surface area (Å²) in [4.78, 5) is 25.8. The first-order valence-corrected chi connectivity index (χ1v) is 8.22. The van der Waals surface area contributed by atoms with Crippen molar-refractivity contribution in [3.8, 4) is 0 Å². The highest BCUT2D eigenvalue weighted by atomic mass is 16.5. The second-order valence-electron chi connectivity index (χ2n) is 6.47. The third kappa shape index (κ3) is 4.26. The Morgan fingerprint density at radius 3 is 2.32 bits per heavy atom. The summed E-state index contributed by atoms with van der Waals surface area (Å²) in [6, 6.07) is 8.18. The summed E-state index contributed by atoms with van der Waals surface area (Å²) in [6.45, 7) is 7.79. The van der Waals surface area contributed by atoms with Gasteiger partial charge in [-0.05, 0) is 33.3 Å². The van der Waals surface area contributed by atoms with E-state index in [1.165, 1.54) is 10.5 Å². The fourth-order valence-electron chi connectivity index (χ4n) is 2.65. The number of benzene rings is 1. The Hall–Kier alpha value is -2.63. The quantitative estimate of drug-likeness (QED) is 0.783. The summed E-state index contributed by atoms with van der Waals surface area (Å²) >= 11 is 0. The van der Waals surface area contributed by atoms with Gasteiger partial charge in [-0.15, -0.1) is 0 Å². The summed E-state index contributed by atoms with van der Waals surface area (Å²) < 4.78 is 7.10. The molecule has 0 aliphatic heterocycles. The Bertz CT molecular complexity index is 776. The van der Waals surface area contributed by atoms with E-state index in [4.69, 9.17) is 4.74 Å². The Balaban J connectivity index is 2.19. The number of likely N-dealkylation sites (N-methyl/N-ethyl adjacent to an activating group) is 1. The zero-order chi connectivity index (χ0) is 18.7. The fraction of sp³-hybridized carbons (Fsp3) is 0.421. The van der Waals surface area contributed by atoms with Gasteiger partial charge in [-0.1, -0.05) is 29.8 Å². The van der Waals surface area contributed by atoms with E-state index in [1.54, 1.807) is 32.6 Å². The second-order valence-corrected chi connectivity index (χ2v) is 6.47. The van der Waals surface area contributed by atoms with Gasteiger partial charge in [0.05, 0.1) is 17.9 Å². The molecule has 134 valence electrons. The standard InChI is InChI=1S/C19H25N3O3/c1-12-7-9-16(10-8-12)11-22-14(3)17(13(2)20-22)19(24)25-15(4)18(23)21(5)6/h7-10,15H,11H2,1-6H3/t15-/m0/s1. The number of amides is 1. The van der Waals surface area contributed by atoms with Gasteiger partial charge in [0, 0.05) is 14.1 Å². The molecule has 0 aliphatic rings. The van der Waals surface area contributed by atoms with Gasteiger partial charge in [0.1, 0.15) is 5.56 Å². The number of carbonyl (C=O) groups excluding carboxylic acids is 2. The molecule has 6 nitrogen and oxygen atoms in total. The van der Waals surface area contributed by atoms with Crippen LogP contribution in [0, 0.1) is 20.8 Å². The first-order valence-electron chi connectivity index (χ1n) is 8.22. The van der Waals surface area contributed by atoms with Gasteiger partial charge >= 0.3 is 5.97 Å². The Morgan fingerprint density at radius 1 is 1.16 bits per heavy atom. The zero-order valence-electron chi connectivity index (χ0n) is 15.7. The van der Waals surface area contributed by atoms with Crippen LogP contribution in [0.3, 0.4) is 0 Å². The van der Waals surface area contributed by atoms with Crippen molar-refractivity contribution in [1.82, 2.24) is 14.7 Å². The third-order valence-electron chi connectivity index (χ3n) is 4.11. The summed E-state index contributed by atoms with van der Waals surface area (Å²) in [7, 11) is 3.26. The Morgan fingerprint density at radius 2 is 1.76 bits per heavy atom. The van der Waals surface area contributed by atoms with Crippen LogP contribution in [0.1, 0.15) is 39.8 Å². The van der Waals surface area contributed by atoms with Crippen LogP contribution < -0.4 is 0 Å². The first kappa shape index (κ1) is 18.7. The largest absolute Gasteiger partial charge is 0.449 e. The molecule has 2 aromatic rings. The van der Waals surface area contributed by atoms with Gasteiger partial charge < -0.3 is 9.64 Å². The number of rotatable bonds is 5. The van der Waals surface area contributed by atoms with E-state index in [1.807, 2.05) is 38.1 Å². The monoisotopic (exact) mass is 343 g/mol. The molecule has 1 aromatic carbocycles. The van der Waals surface area contributed by atoms with Gasteiger partial charge in [0.2, 0.25) is 0 Å². The minimum Gasteiger partial charge on any atom is -0.449 e. The highest BCUT2D eigenvalue weighted by Crippen LogP contribution is 2.17.